The minimum atomic E-state index is -0.595. The Morgan fingerprint density at radius 2 is 1.85 bits per heavy atom. The van der Waals surface area contributed by atoms with E-state index in [9.17, 15) is 9.18 Å². The Balaban J connectivity index is 1.79. The number of rotatable bonds is 6. The maximum Gasteiger partial charge on any atom is 0.233 e. The van der Waals surface area contributed by atoms with Gasteiger partial charge in [0.1, 0.15) is 11.6 Å². The lowest BCUT2D eigenvalue weighted by atomic mass is 9.77. The summed E-state index contributed by atoms with van der Waals surface area (Å²) >= 11 is 0. The van der Waals surface area contributed by atoms with Crippen LogP contribution >= 0.6 is 0 Å². The molecule has 0 unspecified atom stereocenters. The maximum atomic E-state index is 13.8. The Hall–Kier alpha value is -2.36. The van der Waals surface area contributed by atoms with E-state index in [1.165, 1.54) is 12.1 Å². The zero-order valence-corrected chi connectivity index (χ0v) is 15.5. The number of likely N-dealkylation sites (N-methyl/N-ethyl adjacent to an activating group) is 1. The Labute approximate surface area is 154 Å². The topological polar surface area (TPSA) is 29.5 Å². The maximum absolute atomic E-state index is 13.8. The molecule has 0 spiro atoms. The molecule has 138 valence electrons. The van der Waals surface area contributed by atoms with E-state index in [0.717, 1.165) is 42.6 Å². The number of halogens is 1. The van der Waals surface area contributed by atoms with E-state index in [1.54, 1.807) is 11.0 Å². The SMILES string of the molecule is CCOc1ccc(CN(C)C(=O)C2(c3cccc(F)c3)CCCC2)cc1. The fraction of sp³-hybridized carbons (Fsp3) is 0.409. The van der Waals surface area contributed by atoms with Gasteiger partial charge in [0.2, 0.25) is 5.91 Å². The number of nitrogens with zero attached hydrogens (tertiary/aromatic N) is 1. The molecule has 2 aromatic carbocycles. The highest BCUT2D eigenvalue weighted by molar-refractivity contribution is 5.88. The monoisotopic (exact) mass is 355 g/mol. The van der Waals surface area contributed by atoms with Crippen LogP contribution in [0.3, 0.4) is 0 Å². The fourth-order valence-electron chi connectivity index (χ4n) is 3.96. The van der Waals surface area contributed by atoms with Crippen LogP contribution in [0.15, 0.2) is 48.5 Å². The molecule has 0 radical (unpaired) electrons. The molecule has 1 aliphatic carbocycles. The second-order valence-corrected chi connectivity index (χ2v) is 7.04. The van der Waals surface area contributed by atoms with Crippen LogP contribution in [0, 0.1) is 5.82 Å². The van der Waals surface area contributed by atoms with Crippen LogP contribution in [0.5, 0.6) is 5.75 Å². The van der Waals surface area contributed by atoms with Crippen LogP contribution < -0.4 is 4.74 Å². The van der Waals surface area contributed by atoms with Gasteiger partial charge in [0.05, 0.1) is 12.0 Å². The van der Waals surface area contributed by atoms with Crippen molar-refractivity contribution in [3.8, 4) is 5.75 Å². The van der Waals surface area contributed by atoms with Gasteiger partial charge < -0.3 is 9.64 Å². The van der Waals surface area contributed by atoms with Gasteiger partial charge in [0.15, 0.2) is 0 Å². The first kappa shape index (κ1) is 18.4. The van der Waals surface area contributed by atoms with Gasteiger partial charge >= 0.3 is 0 Å². The number of amides is 1. The number of carbonyl (C=O) groups excluding carboxylic acids is 1. The van der Waals surface area contributed by atoms with Crippen molar-refractivity contribution in [3.63, 3.8) is 0 Å². The molecule has 3 rings (SSSR count). The highest BCUT2D eigenvalue weighted by Gasteiger charge is 2.44. The van der Waals surface area contributed by atoms with E-state index < -0.39 is 5.41 Å². The molecule has 2 aromatic rings. The third kappa shape index (κ3) is 3.74. The van der Waals surface area contributed by atoms with Crippen LogP contribution in [0.4, 0.5) is 4.39 Å². The third-order valence-corrected chi connectivity index (χ3v) is 5.24. The van der Waals surface area contributed by atoms with Crippen molar-refractivity contribution in [2.24, 2.45) is 0 Å². The summed E-state index contributed by atoms with van der Waals surface area (Å²) in [5.41, 5.74) is 1.26. The van der Waals surface area contributed by atoms with Gasteiger partial charge in [-0.2, -0.15) is 0 Å². The molecule has 3 nitrogen and oxygen atoms in total. The van der Waals surface area contributed by atoms with E-state index >= 15 is 0 Å². The summed E-state index contributed by atoms with van der Waals surface area (Å²) in [6.45, 7) is 3.12. The second kappa shape index (κ2) is 7.90. The first-order chi connectivity index (χ1) is 12.5. The molecular weight excluding hydrogens is 329 g/mol. The van der Waals surface area contributed by atoms with Crippen molar-refractivity contribution in [2.75, 3.05) is 13.7 Å². The predicted octanol–water partition coefficient (Wildman–Crippen LogP) is 4.69. The number of hydrogen-bond donors (Lipinski definition) is 0. The minimum absolute atomic E-state index is 0.0782. The molecule has 1 aliphatic rings. The van der Waals surface area contributed by atoms with Gasteiger partial charge in [0, 0.05) is 13.6 Å². The average Bonchev–Trinajstić information content (AvgIpc) is 3.14. The predicted molar refractivity (Wildman–Crippen MR) is 101 cm³/mol. The molecule has 0 heterocycles. The lowest BCUT2D eigenvalue weighted by Gasteiger charge is -2.33. The lowest BCUT2D eigenvalue weighted by Crippen LogP contribution is -2.43. The van der Waals surface area contributed by atoms with Crippen molar-refractivity contribution < 1.29 is 13.9 Å². The molecular formula is C22H26FNO2. The summed E-state index contributed by atoms with van der Waals surface area (Å²) in [6, 6.07) is 14.4. The van der Waals surface area contributed by atoms with Crippen LogP contribution in [0.2, 0.25) is 0 Å². The van der Waals surface area contributed by atoms with Gasteiger partial charge in [-0.25, -0.2) is 4.39 Å². The Morgan fingerprint density at radius 3 is 2.46 bits per heavy atom. The molecule has 0 aliphatic heterocycles. The molecule has 0 aromatic heterocycles. The Bertz CT molecular complexity index is 751. The van der Waals surface area contributed by atoms with Crippen molar-refractivity contribution in [3.05, 3.63) is 65.5 Å². The highest BCUT2D eigenvalue weighted by Crippen LogP contribution is 2.42. The van der Waals surface area contributed by atoms with Gasteiger partial charge in [0.25, 0.3) is 0 Å². The van der Waals surface area contributed by atoms with Crippen LogP contribution in [-0.4, -0.2) is 24.5 Å². The first-order valence-electron chi connectivity index (χ1n) is 9.28. The number of ether oxygens (including phenoxy) is 1. The zero-order chi connectivity index (χ0) is 18.6. The van der Waals surface area contributed by atoms with Crippen LogP contribution in [0.25, 0.3) is 0 Å². The summed E-state index contributed by atoms with van der Waals surface area (Å²) in [7, 11) is 1.83. The van der Waals surface area contributed by atoms with E-state index in [4.69, 9.17) is 4.74 Å². The molecule has 0 N–H and O–H groups in total. The van der Waals surface area contributed by atoms with E-state index in [0.29, 0.717) is 13.2 Å². The summed E-state index contributed by atoms with van der Waals surface area (Å²) in [6.07, 6.45) is 3.56. The second-order valence-electron chi connectivity index (χ2n) is 7.04. The van der Waals surface area contributed by atoms with Crippen molar-refractivity contribution >= 4 is 5.91 Å². The van der Waals surface area contributed by atoms with E-state index in [-0.39, 0.29) is 11.7 Å². The lowest BCUT2D eigenvalue weighted by molar-refractivity contribution is -0.136. The third-order valence-electron chi connectivity index (χ3n) is 5.24. The summed E-state index contributed by atoms with van der Waals surface area (Å²) in [5.74, 6) is 0.627. The van der Waals surface area contributed by atoms with Crippen molar-refractivity contribution in [1.29, 1.82) is 0 Å². The Kier molecular flexibility index (Phi) is 5.60. The molecule has 1 fully saturated rings. The van der Waals surface area contributed by atoms with Gasteiger partial charge in [-0.15, -0.1) is 0 Å². The quantitative estimate of drug-likeness (QED) is 0.752. The molecule has 0 atom stereocenters. The summed E-state index contributed by atoms with van der Waals surface area (Å²) in [5, 5.41) is 0. The van der Waals surface area contributed by atoms with Crippen molar-refractivity contribution in [2.45, 2.75) is 44.6 Å². The minimum Gasteiger partial charge on any atom is -0.494 e. The normalized spacial score (nSPS) is 15.7. The van der Waals surface area contributed by atoms with Crippen LogP contribution in [0.1, 0.15) is 43.7 Å². The largest absolute Gasteiger partial charge is 0.494 e. The molecule has 0 bridgehead atoms. The molecule has 1 saturated carbocycles. The number of benzene rings is 2. The van der Waals surface area contributed by atoms with Gasteiger partial charge in [-0.05, 0) is 55.2 Å². The number of carbonyl (C=O) groups is 1. The van der Waals surface area contributed by atoms with E-state index in [1.807, 2.05) is 44.3 Å². The summed E-state index contributed by atoms with van der Waals surface area (Å²) in [4.78, 5) is 15.1. The average molecular weight is 355 g/mol. The molecule has 1 amide bonds. The van der Waals surface area contributed by atoms with Crippen LogP contribution in [-0.2, 0) is 16.8 Å². The van der Waals surface area contributed by atoms with Crippen molar-refractivity contribution in [1.82, 2.24) is 4.90 Å². The molecule has 4 heteroatoms. The zero-order valence-electron chi connectivity index (χ0n) is 15.5. The smallest absolute Gasteiger partial charge is 0.233 e. The standard InChI is InChI=1S/C22H26FNO2/c1-3-26-20-11-9-17(10-12-20)16-24(2)21(25)22(13-4-5-14-22)18-7-6-8-19(23)15-18/h6-12,15H,3-5,13-14,16H2,1-2H3. The van der Waals surface area contributed by atoms with E-state index in [2.05, 4.69) is 0 Å². The summed E-state index contributed by atoms with van der Waals surface area (Å²) < 4.78 is 19.2. The first-order valence-corrected chi connectivity index (χ1v) is 9.28. The Morgan fingerprint density at radius 1 is 1.15 bits per heavy atom. The molecule has 0 saturated heterocycles. The molecule has 26 heavy (non-hydrogen) atoms. The number of hydrogen-bond acceptors (Lipinski definition) is 2. The van der Waals surface area contributed by atoms with Gasteiger partial charge in [-0.1, -0.05) is 37.1 Å². The van der Waals surface area contributed by atoms with Gasteiger partial charge in [-0.3, -0.25) is 4.79 Å². The highest BCUT2D eigenvalue weighted by atomic mass is 19.1. The fourth-order valence-corrected chi connectivity index (χ4v) is 3.96.